The number of hydrogen-bond donors (Lipinski definition) is 1. The van der Waals surface area contributed by atoms with Crippen molar-refractivity contribution in [3.63, 3.8) is 0 Å². The minimum absolute atomic E-state index is 0.138. The fraction of sp³-hybridized carbons (Fsp3) is 0.348. The van der Waals surface area contributed by atoms with E-state index in [1.165, 1.54) is 24.7 Å². The van der Waals surface area contributed by atoms with Crippen LogP contribution in [0.25, 0.3) is 0 Å². The monoisotopic (exact) mass is 466 g/mol. The summed E-state index contributed by atoms with van der Waals surface area (Å²) < 4.78 is 26.2. The number of amides is 1. The van der Waals surface area contributed by atoms with E-state index in [9.17, 15) is 13.6 Å². The number of alkyl halides is 1. The maximum absolute atomic E-state index is 13.1. The summed E-state index contributed by atoms with van der Waals surface area (Å²) >= 11 is 0. The van der Waals surface area contributed by atoms with Crippen molar-refractivity contribution < 1.29 is 13.6 Å². The van der Waals surface area contributed by atoms with E-state index in [4.69, 9.17) is 0 Å². The summed E-state index contributed by atoms with van der Waals surface area (Å²) in [4.78, 5) is 35.8. The van der Waals surface area contributed by atoms with Gasteiger partial charge >= 0.3 is 0 Å². The molecular formula is C23H24F2N8O. The van der Waals surface area contributed by atoms with Crippen LogP contribution in [0.3, 0.4) is 0 Å². The van der Waals surface area contributed by atoms with Crippen LogP contribution in [0.4, 0.5) is 32.1 Å². The number of rotatable bonds is 5. The average molecular weight is 466 g/mol. The Kier molecular flexibility index (Phi) is 5.91. The van der Waals surface area contributed by atoms with Crippen molar-refractivity contribution >= 4 is 29.2 Å². The number of nitrogens with one attached hydrogen (secondary N) is 1. The predicted octanol–water partition coefficient (Wildman–Crippen LogP) is 2.53. The maximum Gasteiger partial charge on any atom is 0.258 e. The largest absolute Gasteiger partial charge is 0.353 e. The summed E-state index contributed by atoms with van der Waals surface area (Å²) in [6.45, 7) is 4.88. The topological polar surface area (TPSA) is 90.4 Å². The third-order valence-electron chi connectivity index (χ3n) is 6.01. The van der Waals surface area contributed by atoms with Crippen LogP contribution in [-0.4, -0.2) is 70.8 Å². The smallest absolute Gasteiger partial charge is 0.258 e. The van der Waals surface area contributed by atoms with Crippen molar-refractivity contribution in [2.45, 2.75) is 19.1 Å². The summed E-state index contributed by atoms with van der Waals surface area (Å²) in [5.74, 6) is 1.75. The Balaban J connectivity index is 1.17. The molecule has 0 aliphatic carbocycles. The normalized spacial score (nSPS) is 18.6. The number of hydrogen-bond acceptors (Lipinski definition) is 8. The molecule has 9 nitrogen and oxygen atoms in total. The second kappa shape index (κ2) is 9.16. The Hall–Kier alpha value is -3.89. The van der Waals surface area contributed by atoms with Crippen molar-refractivity contribution in [2.75, 3.05) is 52.7 Å². The molecule has 3 aromatic rings. The zero-order valence-electron chi connectivity index (χ0n) is 18.6. The Morgan fingerprint density at radius 2 is 1.62 bits per heavy atom. The number of nitrogens with zero attached hydrogens (tertiary/aromatic N) is 7. The Bertz CT molecular complexity index is 1140. The molecule has 0 aromatic carbocycles. The van der Waals surface area contributed by atoms with E-state index < -0.39 is 6.17 Å². The Morgan fingerprint density at radius 1 is 0.882 bits per heavy atom. The molecule has 5 heterocycles. The zero-order valence-corrected chi connectivity index (χ0v) is 18.6. The van der Waals surface area contributed by atoms with Gasteiger partial charge in [-0.3, -0.25) is 4.79 Å². The van der Waals surface area contributed by atoms with Gasteiger partial charge in [-0.25, -0.2) is 28.7 Å². The molecule has 0 unspecified atom stereocenters. The molecule has 2 fully saturated rings. The van der Waals surface area contributed by atoms with Gasteiger partial charge in [0.15, 0.2) is 5.82 Å². The SMILES string of the molecule is C[C@H]1CN(c2ccc(F)cn2)CCN1c1cnc(NC(=O)c2ccc(N3CC(F)C3)nc2)cn1. The van der Waals surface area contributed by atoms with Crippen LogP contribution in [0, 0.1) is 5.82 Å². The Morgan fingerprint density at radius 3 is 2.24 bits per heavy atom. The van der Waals surface area contributed by atoms with Crippen LogP contribution in [-0.2, 0) is 0 Å². The van der Waals surface area contributed by atoms with E-state index in [0.29, 0.717) is 49.2 Å². The maximum atomic E-state index is 13.1. The highest BCUT2D eigenvalue weighted by Gasteiger charge is 2.27. The van der Waals surface area contributed by atoms with Crippen LogP contribution in [0.2, 0.25) is 0 Å². The molecule has 5 rings (SSSR count). The highest BCUT2D eigenvalue weighted by molar-refractivity contribution is 6.03. The first-order valence-corrected chi connectivity index (χ1v) is 11.1. The van der Waals surface area contributed by atoms with Gasteiger partial charge in [-0.05, 0) is 31.2 Å². The van der Waals surface area contributed by atoms with Gasteiger partial charge in [0.1, 0.15) is 29.4 Å². The summed E-state index contributed by atoms with van der Waals surface area (Å²) in [7, 11) is 0. The molecule has 1 amide bonds. The van der Waals surface area contributed by atoms with Gasteiger partial charge < -0.3 is 20.0 Å². The summed E-state index contributed by atoms with van der Waals surface area (Å²) in [6, 6.07) is 6.59. The second-order valence-electron chi connectivity index (χ2n) is 8.44. The summed E-state index contributed by atoms with van der Waals surface area (Å²) in [6.07, 6.45) is 5.04. The molecule has 0 radical (unpaired) electrons. The number of aromatic nitrogens is 4. The molecule has 0 saturated carbocycles. The lowest BCUT2D eigenvalue weighted by molar-refractivity contribution is 0.102. The average Bonchev–Trinajstić information content (AvgIpc) is 2.83. The van der Waals surface area contributed by atoms with E-state index in [0.717, 1.165) is 12.4 Å². The zero-order chi connectivity index (χ0) is 23.7. The van der Waals surface area contributed by atoms with Gasteiger partial charge in [0, 0.05) is 31.9 Å². The standard InChI is InChI=1S/C23H24F2N8O/c1-15-12-31(20-5-3-17(24)9-28-20)6-7-33(15)22-11-26-19(10-29-22)30-23(34)16-2-4-21(27-8-16)32-13-18(25)14-32/h2-5,8-11,15,18H,6-7,12-14H2,1H3,(H,26,30,34)/t15-/m0/s1. The number of carbonyl (C=O) groups is 1. The molecule has 11 heteroatoms. The molecule has 34 heavy (non-hydrogen) atoms. The quantitative estimate of drug-likeness (QED) is 0.614. The number of carbonyl (C=O) groups excluding carboxylic acids is 1. The van der Waals surface area contributed by atoms with Crippen molar-refractivity contribution in [1.29, 1.82) is 0 Å². The molecule has 1 N–H and O–H groups in total. The molecule has 0 bridgehead atoms. The van der Waals surface area contributed by atoms with Crippen LogP contribution >= 0.6 is 0 Å². The predicted molar refractivity (Wildman–Crippen MR) is 125 cm³/mol. The second-order valence-corrected chi connectivity index (χ2v) is 8.44. The van der Waals surface area contributed by atoms with Gasteiger partial charge in [-0.2, -0.15) is 0 Å². The highest BCUT2D eigenvalue weighted by atomic mass is 19.1. The van der Waals surface area contributed by atoms with Gasteiger partial charge in [0.2, 0.25) is 0 Å². The van der Waals surface area contributed by atoms with Gasteiger partial charge in [-0.1, -0.05) is 0 Å². The first-order valence-electron chi connectivity index (χ1n) is 11.1. The molecule has 3 aromatic heterocycles. The third kappa shape index (κ3) is 4.59. The van der Waals surface area contributed by atoms with E-state index in [-0.39, 0.29) is 17.8 Å². The molecule has 1 atom stereocenters. The van der Waals surface area contributed by atoms with Gasteiger partial charge in [0.25, 0.3) is 5.91 Å². The minimum Gasteiger partial charge on any atom is -0.353 e. The van der Waals surface area contributed by atoms with Crippen LogP contribution in [0.15, 0.2) is 49.1 Å². The van der Waals surface area contributed by atoms with Crippen molar-refractivity contribution in [1.82, 2.24) is 19.9 Å². The van der Waals surface area contributed by atoms with Crippen molar-refractivity contribution in [2.24, 2.45) is 0 Å². The van der Waals surface area contributed by atoms with Gasteiger partial charge in [-0.15, -0.1) is 0 Å². The minimum atomic E-state index is -0.815. The van der Waals surface area contributed by atoms with Crippen molar-refractivity contribution in [3.8, 4) is 0 Å². The van der Waals surface area contributed by atoms with E-state index in [2.05, 4.69) is 42.0 Å². The molecule has 2 aliphatic rings. The lowest BCUT2D eigenvalue weighted by atomic mass is 10.2. The highest BCUT2D eigenvalue weighted by Crippen LogP contribution is 2.23. The molecule has 2 saturated heterocycles. The summed E-state index contributed by atoms with van der Waals surface area (Å²) in [5, 5.41) is 2.72. The molecule has 176 valence electrons. The van der Waals surface area contributed by atoms with E-state index in [1.807, 2.05) is 4.90 Å². The van der Waals surface area contributed by atoms with Crippen LogP contribution in [0.5, 0.6) is 0 Å². The molecule has 2 aliphatic heterocycles. The van der Waals surface area contributed by atoms with E-state index in [1.54, 1.807) is 24.4 Å². The number of halogens is 2. The van der Waals surface area contributed by atoms with E-state index >= 15 is 0 Å². The lowest BCUT2D eigenvalue weighted by Gasteiger charge is -2.40. The van der Waals surface area contributed by atoms with Gasteiger partial charge in [0.05, 0.1) is 37.2 Å². The lowest BCUT2D eigenvalue weighted by Crippen LogP contribution is -2.52. The van der Waals surface area contributed by atoms with Crippen molar-refractivity contribution in [3.05, 3.63) is 60.4 Å². The van der Waals surface area contributed by atoms with Crippen LogP contribution < -0.4 is 20.0 Å². The summed E-state index contributed by atoms with van der Waals surface area (Å²) in [5.41, 5.74) is 0.381. The number of pyridine rings is 2. The Labute approximate surface area is 195 Å². The fourth-order valence-corrected chi connectivity index (χ4v) is 4.10. The first-order chi connectivity index (χ1) is 16.5. The number of anilines is 4. The van der Waals surface area contributed by atoms with Crippen LogP contribution in [0.1, 0.15) is 17.3 Å². The fourth-order valence-electron chi connectivity index (χ4n) is 4.10. The first kappa shape index (κ1) is 21.9. The number of piperazine rings is 1. The molecule has 0 spiro atoms. The third-order valence-corrected chi connectivity index (χ3v) is 6.01. The molecular weight excluding hydrogens is 442 g/mol.